The normalized spacial score (nSPS) is 13.7. The molecule has 7 heteroatoms. The van der Waals surface area contributed by atoms with Gasteiger partial charge < -0.3 is 21.1 Å². The number of carboxylic acid groups (broad SMARTS) is 1. The summed E-state index contributed by atoms with van der Waals surface area (Å²) in [4.78, 5) is 10.8. The number of halogens is 1. The molecule has 0 bridgehead atoms. The summed E-state index contributed by atoms with van der Waals surface area (Å²) in [5.74, 6) is -2.35. The van der Waals surface area contributed by atoms with E-state index in [2.05, 4.69) is 0 Å². The van der Waals surface area contributed by atoms with Crippen LogP contribution in [0.2, 0.25) is 0 Å². The van der Waals surface area contributed by atoms with Gasteiger partial charge >= 0.3 is 5.97 Å². The van der Waals surface area contributed by atoms with E-state index in [4.69, 9.17) is 16.1 Å². The lowest BCUT2D eigenvalue weighted by Gasteiger charge is -2.18. The summed E-state index contributed by atoms with van der Waals surface area (Å²) in [5.41, 5.74) is 4.39. The molecule has 0 spiro atoms. The van der Waals surface area contributed by atoms with Crippen molar-refractivity contribution in [2.75, 3.05) is 5.73 Å². The maximum Gasteiger partial charge on any atom is 0.337 e. The number of carboxylic acids is 1. The summed E-state index contributed by atoms with van der Waals surface area (Å²) >= 11 is 0. The van der Waals surface area contributed by atoms with Crippen LogP contribution in [0, 0.1) is 17.1 Å². The zero-order valence-electron chi connectivity index (χ0n) is 9.17. The summed E-state index contributed by atoms with van der Waals surface area (Å²) in [6.07, 6.45) is -3.49. The van der Waals surface area contributed by atoms with Crippen LogP contribution in [0.5, 0.6) is 0 Å². The molecule has 0 aliphatic heterocycles. The Hall–Kier alpha value is -2.17. The Morgan fingerprint density at radius 1 is 1.50 bits per heavy atom. The van der Waals surface area contributed by atoms with Gasteiger partial charge in [-0.3, -0.25) is 0 Å². The van der Waals surface area contributed by atoms with E-state index in [-0.39, 0.29) is 17.7 Å². The number of carbonyl (C=O) groups is 1. The van der Waals surface area contributed by atoms with Crippen LogP contribution in [0.25, 0.3) is 0 Å². The molecular formula is C11H11FN2O4. The predicted molar refractivity (Wildman–Crippen MR) is 59.0 cm³/mol. The molecule has 0 aromatic heterocycles. The van der Waals surface area contributed by atoms with Crippen molar-refractivity contribution >= 4 is 11.7 Å². The summed E-state index contributed by atoms with van der Waals surface area (Å²) < 4.78 is 13.2. The standard InChI is InChI=1S/C11H11FN2O4/c12-5-3-6(10(16)8(15)1-2-13)9(14)7(4-5)11(17)18/h3-4,8,10,15-16H,1,14H2,(H,17,18). The smallest absolute Gasteiger partial charge is 0.337 e. The molecule has 0 radical (unpaired) electrons. The first kappa shape index (κ1) is 13.9. The third-order valence-electron chi connectivity index (χ3n) is 2.39. The molecular weight excluding hydrogens is 243 g/mol. The predicted octanol–water partition coefficient (Wildman–Crippen LogP) is 0.414. The molecule has 1 rings (SSSR count). The molecule has 0 aliphatic rings. The molecule has 0 amide bonds. The number of hydrogen-bond donors (Lipinski definition) is 4. The number of benzene rings is 1. The fraction of sp³-hybridized carbons (Fsp3) is 0.273. The van der Waals surface area contributed by atoms with E-state index in [0.717, 1.165) is 6.07 Å². The second-order valence-electron chi connectivity index (χ2n) is 3.64. The maximum atomic E-state index is 13.2. The summed E-state index contributed by atoms with van der Waals surface area (Å²) in [5, 5.41) is 36.3. The van der Waals surface area contributed by atoms with Gasteiger partial charge in [-0.15, -0.1) is 0 Å². The maximum absolute atomic E-state index is 13.2. The summed E-state index contributed by atoms with van der Waals surface area (Å²) in [7, 11) is 0. The zero-order chi connectivity index (χ0) is 13.9. The van der Waals surface area contributed by atoms with Crippen LogP contribution in [-0.4, -0.2) is 27.4 Å². The molecule has 6 nitrogen and oxygen atoms in total. The van der Waals surface area contributed by atoms with E-state index in [0.29, 0.717) is 6.07 Å². The number of nitrogens with zero attached hydrogens (tertiary/aromatic N) is 1. The number of aromatic carboxylic acids is 1. The fourth-order valence-corrected chi connectivity index (χ4v) is 1.47. The topological polar surface area (TPSA) is 128 Å². The van der Waals surface area contributed by atoms with Crippen LogP contribution >= 0.6 is 0 Å². The van der Waals surface area contributed by atoms with E-state index >= 15 is 0 Å². The van der Waals surface area contributed by atoms with Crippen LogP contribution in [-0.2, 0) is 0 Å². The molecule has 96 valence electrons. The first-order valence-electron chi connectivity index (χ1n) is 4.93. The Labute approximate surface area is 102 Å². The molecule has 0 fully saturated rings. The highest BCUT2D eigenvalue weighted by molar-refractivity contribution is 5.94. The van der Waals surface area contributed by atoms with Crippen LogP contribution in [0.15, 0.2) is 12.1 Å². The van der Waals surface area contributed by atoms with Crippen LogP contribution < -0.4 is 5.73 Å². The molecule has 0 heterocycles. The quantitative estimate of drug-likeness (QED) is 0.576. The molecule has 2 atom stereocenters. The highest BCUT2D eigenvalue weighted by atomic mass is 19.1. The minimum atomic E-state index is -1.63. The van der Waals surface area contributed by atoms with Crippen LogP contribution in [0.4, 0.5) is 10.1 Å². The second-order valence-corrected chi connectivity index (χ2v) is 3.64. The van der Waals surface area contributed by atoms with E-state index in [1.54, 1.807) is 6.07 Å². The Kier molecular flexibility index (Phi) is 4.20. The van der Waals surface area contributed by atoms with Crippen molar-refractivity contribution < 1.29 is 24.5 Å². The van der Waals surface area contributed by atoms with E-state index in [1.807, 2.05) is 0 Å². The number of rotatable bonds is 4. The lowest BCUT2D eigenvalue weighted by Crippen LogP contribution is -2.20. The number of nitriles is 1. The van der Waals surface area contributed by atoms with Crippen molar-refractivity contribution in [2.24, 2.45) is 0 Å². The second kappa shape index (κ2) is 5.44. The fourth-order valence-electron chi connectivity index (χ4n) is 1.47. The van der Waals surface area contributed by atoms with Crippen molar-refractivity contribution in [3.05, 3.63) is 29.1 Å². The van der Waals surface area contributed by atoms with Gasteiger partial charge in [0.05, 0.1) is 29.8 Å². The molecule has 5 N–H and O–H groups in total. The highest BCUT2D eigenvalue weighted by Gasteiger charge is 2.24. The number of nitrogen functional groups attached to an aromatic ring is 1. The van der Waals surface area contributed by atoms with Gasteiger partial charge in [0.15, 0.2) is 0 Å². The van der Waals surface area contributed by atoms with Crippen molar-refractivity contribution in [2.45, 2.75) is 18.6 Å². The van der Waals surface area contributed by atoms with Gasteiger partial charge in [0.25, 0.3) is 0 Å². The molecule has 0 saturated carbocycles. The largest absolute Gasteiger partial charge is 0.478 e. The first-order valence-corrected chi connectivity index (χ1v) is 4.93. The van der Waals surface area contributed by atoms with Gasteiger partial charge in [-0.2, -0.15) is 5.26 Å². The van der Waals surface area contributed by atoms with Crippen LogP contribution in [0.1, 0.15) is 28.4 Å². The average Bonchev–Trinajstić information content (AvgIpc) is 2.30. The number of anilines is 1. The van der Waals surface area contributed by atoms with Crippen molar-refractivity contribution in [3.63, 3.8) is 0 Å². The zero-order valence-corrected chi connectivity index (χ0v) is 9.17. The Bertz CT molecular complexity index is 513. The third-order valence-corrected chi connectivity index (χ3v) is 2.39. The minimum absolute atomic E-state index is 0.254. The molecule has 2 unspecified atom stereocenters. The van der Waals surface area contributed by atoms with E-state index < -0.39 is 29.6 Å². The van der Waals surface area contributed by atoms with Crippen LogP contribution in [0.3, 0.4) is 0 Å². The Morgan fingerprint density at radius 2 is 2.11 bits per heavy atom. The first-order chi connectivity index (χ1) is 8.38. The van der Waals surface area contributed by atoms with Gasteiger partial charge in [0.2, 0.25) is 0 Å². The minimum Gasteiger partial charge on any atom is -0.478 e. The molecule has 1 aromatic rings. The van der Waals surface area contributed by atoms with Gasteiger partial charge in [-0.05, 0) is 12.1 Å². The Balaban J connectivity index is 3.25. The van der Waals surface area contributed by atoms with E-state index in [1.165, 1.54) is 0 Å². The van der Waals surface area contributed by atoms with Crippen molar-refractivity contribution in [1.29, 1.82) is 5.26 Å². The molecule has 0 saturated heterocycles. The van der Waals surface area contributed by atoms with Gasteiger partial charge in [-0.25, -0.2) is 9.18 Å². The average molecular weight is 254 g/mol. The van der Waals surface area contributed by atoms with Crippen molar-refractivity contribution in [3.8, 4) is 6.07 Å². The molecule has 1 aromatic carbocycles. The number of aliphatic hydroxyl groups is 2. The lowest BCUT2D eigenvalue weighted by atomic mass is 9.97. The van der Waals surface area contributed by atoms with Gasteiger partial charge in [0, 0.05) is 5.56 Å². The molecule has 18 heavy (non-hydrogen) atoms. The number of hydrogen-bond acceptors (Lipinski definition) is 5. The SMILES string of the molecule is N#CCC(O)C(O)c1cc(F)cc(C(=O)O)c1N. The third kappa shape index (κ3) is 2.74. The molecule has 0 aliphatic carbocycles. The lowest BCUT2D eigenvalue weighted by molar-refractivity contribution is 0.0218. The monoisotopic (exact) mass is 254 g/mol. The van der Waals surface area contributed by atoms with Gasteiger partial charge in [0.1, 0.15) is 11.9 Å². The highest BCUT2D eigenvalue weighted by Crippen LogP contribution is 2.28. The van der Waals surface area contributed by atoms with Gasteiger partial charge in [-0.1, -0.05) is 0 Å². The van der Waals surface area contributed by atoms with Crippen molar-refractivity contribution in [1.82, 2.24) is 0 Å². The summed E-state index contributed by atoms with van der Waals surface area (Å²) in [6.45, 7) is 0. The summed E-state index contributed by atoms with van der Waals surface area (Å²) in [6, 6.07) is 3.17. The number of nitrogens with two attached hydrogens (primary N) is 1. The number of aliphatic hydroxyl groups excluding tert-OH is 2. The Morgan fingerprint density at radius 3 is 2.61 bits per heavy atom. The van der Waals surface area contributed by atoms with E-state index in [9.17, 15) is 19.4 Å².